The number of hydrogen-bond donors (Lipinski definition) is 1. The lowest BCUT2D eigenvalue weighted by Gasteiger charge is -1.63. The maximum absolute atomic E-state index is 9.88. The molecule has 0 bridgehead atoms. The molecule has 1 N–H and O–H groups in total. The Morgan fingerprint density at radius 3 is 2.56 bits per heavy atom. The molecule has 5 nitrogen and oxygen atoms in total. The second-order valence-corrected chi connectivity index (χ2v) is 1.74. The van der Waals surface area contributed by atoms with E-state index in [2.05, 4.69) is 13.9 Å². The standard InChI is InChI=1S/C3H2N2O3S/c6-9(7)8-3-4-1-2-5-3/h1-2H/p+1. The van der Waals surface area contributed by atoms with Crippen LogP contribution in [0.5, 0.6) is 0 Å². The van der Waals surface area contributed by atoms with Gasteiger partial charge in [-0.2, -0.15) is 0 Å². The summed E-state index contributed by atoms with van der Waals surface area (Å²) in [6.07, 6.45) is 2.73. The third-order valence-corrected chi connectivity index (χ3v) is 0.874. The van der Waals surface area contributed by atoms with Crippen molar-refractivity contribution in [2.45, 2.75) is 0 Å². The van der Waals surface area contributed by atoms with Crippen LogP contribution in [-0.2, 0) is 11.4 Å². The zero-order valence-electron chi connectivity index (χ0n) is 4.22. The van der Waals surface area contributed by atoms with Gasteiger partial charge in [0.1, 0.15) is 0 Å². The second-order valence-electron chi connectivity index (χ2n) is 1.14. The molecule has 0 fully saturated rings. The zero-order valence-corrected chi connectivity index (χ0v) is 5.04. The van der Waals surface area contributed by atoms with Crippen molar-refractivity contribution in [2.24, 2.45) is 9.98 Å². The first-order valence-electron chi connectivity index (χ1n) is 2.02. The quantitative estimate of drug-likeness (QED) is 0.416. The SMILES string of the molecule is O=S(O)[O+]=C1N=CC=N1. The van der Waals surface area contributed by atoms with Crippen LogP contribution in [0.25, 0.3) is 0 Å². The molecule has 1 aliphatic rings. The summed E-state index contributed by atoms with van der Waals surface area (Å²) in [7, 11) is 0. The number of rotatable bonds is 1. The molecule has 0 saturated carbocycles. The third kappa shape index (κ3) is 1.82. The van der Waals surface area contributed by atoms with E-state index in [4.69, 9.17) is 4.55 Å². The minimum atomic E-state index is -2.32. The Morgan fingerprint density at radius 2 is 2.11 bits per heavy atom. The van der Waals surface area contributed by atoms with Gasteiger partial charge < -0.3 is 0 Å². The van der Waals surface area contributed by atoms with E-state index in [1.165, 1.54) is 12.4 Å². The van der Waals surface area contributed by atoms with Gasteiger partial charge in [-0.25, -0.2) is 4.55 Å². The number of urea groups is 1. The predicted molar refractivity (Wildman–Crippen MR) is 33.2 cm³/mol. The maximum Gasteiger partial charge on any atom is 0.608 e. The lowest BCUT2D eigenvalue weighted by atomic mass is 10.9. The van der Waals surface area contributed by atoms with Crippen LogP contribution in [0.2, 0.25) is 0 Å². The summed E-state index contributed by atoms with van der Waals surface area (Å²) in [5.74, 6) is 0. The first kappa shape index (κ1) is 6.24. The van der Waals surface area contributed by atoms with Gasteiger partial charge in [0.2, 0.25) is 0 Å². The summed E-state index contributed by atoms with van der Waals surface area (Å²) in [4.78, 5) is 6.94. The molecule has 1 heterocycles. The van der Waals surface area contributed by atoms with E-state index in [1.54, 1.807) is 0 Å². The number of amides is 2. The smallest absolute Gasteiger partial charge is 0.226 e. The van der Waals surface area contributed by atoms with Gasteiger partial charge in [-0.05, 0) is 0 Å². The fourth-order valence-electron chi connectivity index (χ4n) is 0.334. The largest absolute Gasteiger partial charge is 0.608 e. The molecular weight excluding hydrogens is 144 g/mol. The molecule has 0 saturated heterocycles. The van der Waals surface area contributed by atoms with Crippen LogP contribution in [0.15, 0.2) is 9.98 Å². The van der Waals surface area contributed by atoms with Crippen LogP contribution in [0.3, 0.4) is 0 Å². The molecule has 48 valence electrons. The average Bonchev–Trinajstić information content (AvgIpc) is 2.15. The van der Waals surface area contributed by atoms with Crippen molar-refractivity contribution in [3.8, 4) is 0 Å². The molecule has 1 atom stereocenters. The second kappa shape index (κ2) is 2.60. The van der Waals surface area contributed by atoms with Crippen molar-refractivity contribution >= 4 is 29.8 Å². The van der Waals surface area contributed by atoms with Crippen molar-refractivity contribution in [3.05, 3.63) is 0 Å². The van der Waals surface area contributed by atoms with Crippen molar-refractivity contribution in [1.82, 2.24) is 0 Å². The summed E-state index contributed by atoms with van der Waals surface area (Å²) < 4.78 is 22.1. The molecule has 9 heavy (non-hydrogen) atoms. The van der Waals surface area contributed by atoms with Crippen LogP contribution in [0, 0.1) is 0 Å². The monoisotopic (exact) mass is 147 g/mol. The molecule has 0 aromatic carbocycles. The van der Waals surface area contributed by atoms with E-state index in [0.717, 1.165) is 0 Å². The predicted octanol–water partition coefficient (Wildman–Crippen LogP) is -0.0660. The van der Waals surface area contributed by atoms with E-state index in [-0.39, 0.29) is 6.03 Å². The third-order valence-electron chi connectivity index (χ3n) is 0.582. The summed E-state index contributed by atoms with van der Waals surface area (Å²) in [5, 5.41) is 0. The molecule has 0 aromatic heterocycles. The number of aliphatic imine (C=N–C) groups is 2. The van der Waals surface area contributed by atoms with E-state index in [9.17, 15) is 4.21 Å². The minimum Gasteiger partial charge on any atom is -0.226 e. The normalized spacial score (nSPS) is 18.6. The highest BCUT2D eigenvalue weighted by Gasteiger charge is 2.14. The van der Waals surface area contributed by atoms with Gasteiger partial charge in [-0.1, -0.05) is 3.87 Å². The van der Waals surface area contributed by atoms with Gasteiger partial charge in [0.25, 0.3) is 0 Å². The maximum atomic E-state index is 9.88. The topological polar surface area (TPSA) is 73.3 Å². The van der Waals surface area contributed by atoms with Gasteiger partial charge in [-0.15, -0.1) is 14.2 Å². The molecule has 1 unspecified atom stereocenters. The molecule has 2 amide bonds. The molecule has 1 rings (SSSR count). The first-order valence-corrected chi connectivity index (χ1v) is 3.05. The Bertz CT molecular complexity index is 205. The molecule has 0 spiro atoms. The molecular formula is C3H3N2O3S+. The van der Waals surface area contributed by atoms with Gasteiger partial charge in [0.15, 0.2) is 0 Å². The van der Waals surface area contributed by atoms with E-state index >= 15 is 0 Å². The van der Waals surface area contributed by atoms with Crippen molar-refractivity contribution in [3.63, 3.8) is 0 Å². The lowest BCUT2D eigenvalue weighted by Crippen LogP contribution is -1.83. The fourth-order valence-corrected chi connectivity index (χ4v) is 0.548. The van der Waals surface area contributed by atoms with Crippen LogP contribution < -0.4 is 0 Å². The highest BCUT2D eigenvalue weighted by atomic mass is 32.2. The number of carbonyl (C=O) groups excluding carboxylic acids is 1. The van der Waals surface area contributed by atoms with Gasteiger partial charge in [0.05, 0.1) is 12.4 Å². The summed E-state index contributed by atoms with van der Waals surface area (Å²) in [5.41, 5.74) is 0. The Morgan fingerprint density at radius 1 is 1.56 bits per heavy atom. The van der Waals surface area contributed by atoms with Crippen molar-refractivity contribution in [2.75, 3.05) is 0 Å². The Hall–Kier alpha value is -0.880. The molecule has 6 heteroatoms. The first-order chi connectivity index (χ1) is 4.29. The summed E-state index contributed by atoms with van der Waals surface area (Å²) in [6.45, 7) is 0. The molecule has 1 aliphatic heterocycles. The van der Waals surface area contributed by atoms with Crippen molar-refractivity contribution in [1.29, 1.82) is 0 Å². The highest BCUT2D eigenvalue weighted by Crippen LogP contribution is 1.95. The van der Waals surface area contributed by atoms with Crippen LogP contribution in [0.4, 0.5) is 3.87 Å². The zero-order chi connectivity index (χ0) is 6.69. The molecule has 0 radical (unpaired) electrons. The average molecular weight is 147 g/mol. The Kier molecular flexibility index (Phi) is 1.81. The lowest BCUT2D eigenvalue weighted by molar-refractivity contribution is 0.0759. The van der Waals surface area contributed by atoms with Gasteiger partial charge >= 0.3 is 17.4 Å². The fraction of sp³-hybridized carbons (Fsp3) is 0. The molecule has 0 aliphatic carbocycles. The van der Waals surface area contributed by atoms with E-state index in [0.29, 0.717) is 0 Å². The highest BCUT2D eigenvalue weighted by molar-refractivity contribution is 7.72. The number of hydrogen-bond acceptors (Lipinski definition) is 1. The van der Waals surface area contributed by atoms with Crippen LogP contribution in [-0.4, -0.2) is 27.2 Å². The van der Waals surface area contributed by atoms with Crippen molar-refractivity contribution < 1.29 is 12.6 Å². The van der Waals surface area contributed by atoms with Crippen LogP contribution >= 0.6 is 0 Å². The molecule has 0 aromatic rings. The minimum absolute atomic E-state index is 0.0872. The summed E-state index contributed by atoms with van der Waals surface area (Å²) >= 11 is -2.32. The van der Waals surface area contributed by atoms with Gasteiger partial charge in [0, 0.05) is 0 Å². The van der Waals surface area contributed by atoms with E-state index in [1.807, 2.05) is 0 Å². The Balaban J connectivity index is 2.73. The Labute approximate surface area is 53.3 Å². The van der Waals surface area contributed by atoms with E-state index < -0.39 is 11.4 Å². The summed E-state index contributed by atoms with van der Waals surface area (Å²) in [6, 6.07) is -0.0872. The van der Waals surface area contributed by atoms with Gasteiger partial charge in [-0.3, -0.25) is 0 Å². The van der Waals surface area contributed by atoms with Crippen LogP contribution in [0.1, 0.15) is 0 Å². The number of nitrogens with zero attached hydrogens (tertiary/aromatic N) is 2.